The number of thioether (sulfide) groups is 1. The van der Waals surface area contributed by atoms with E-state index >= 15 is 0 Å². The van der Waals surface area contributed by atoms with Gasteiger partial charge in [0.05, 0.1) is 12.9 Å². The first kappa shape index (κ1) is 16.4. The number of benzene rings is 2. The molecule has 0 saturated carbocycles. The van der Waals surface area contributed by atoms with Gasteiger partial charge in [-0.05, 0) is 24.3 Å². The standard InChI is InChI=1S/C17H18FNO2S/c1-19(11-13-6-3-4-9-16(13)18)17(20)12-22-15-8-5-7-14(10-15)21-2/h3-10H,11-12H2,1-2H3. The first-order valence-electron chi connectivity index (χ1n) is 6.84. The molecule has 0 N–H and O–H groups in total. The Morgan fingerprint density at radius 3 is 2.73 bits per heavy atom. The number of rotatable bonds is 6. The third kappa shape index (κ3) is 4.49. The molecule has 116 valence electrons. The largest absolute Gasteiger partial charge is 0.497 e. The molecule has 0 fully saturated rings. The highest BCUT2D eigenvalue weighted by Gasteiger charge is 2.12. The Bertz CT molecular complexity index is 648. The van der Waals surface area contributed by atoms with Crippen molar-refractivity contribution >= 4 is 17.7 Å². The summed E-state index contributed by atoms with van der Waals surface area (Å²) in [6, 6.07) is 14.0. The molecule has 0 atom stereocenters. The van der Waals surface area contributed by atoms with E-state index in [9.17, 15) is 9.18 Å². The van der Waals surface area contributed by atoms with Gasteiger partial charge in [-0.2, -0.15) is 0 Å². The number of ether oxygens (including phenoxy) is 1. The van der Waals surface area contributed by atoms with E-state index in [1.807, 2.05) is 24.3 Å². The second-order valence-electron chi connectivity index (χ2n) is 4.81. The molecule has 1 amide bonds. The van der Waals surface area contributed by atoms with Gasteiger partial charge in [0, 0.05) is 24.1 Å². The maximum absolute atomic E-state index is 13.6. The van der Waals surface area contributed by atoms with Gasteiger partial charge >= 0.3 is 0 Å². The molecule has 5 heteroatoms. The van der Waals surface area contributed by atoms with E-state index in [4.69, 9.17) is 4.74 Å². The molecule has 22 heavy (non-hydrogen) atoms. The predicted octanol–water partition coefficient (Wildman–Crippen LogP) is 3.59. The van der Waals surface area contributed by atoms with Gasteiger partial charge in [0.1, 0.15) is 11.6 Å². The third-order valence-corrected chi connectivity index (χ3v) is 4.17. The molecule has 2 aromatic carbocycles. The number of carbonyl (C=O) groups is 1. The topological polar surface area (TPSA) is 29.5 Å². The molecule has 2 rings (SSSR count). The van der Waals surface area contributed by atoms with E-state index in [0.717, 1.165) is 10.6 Å². The zero-order valence-electron chi connectivity index (χ0n) is 12.6. The van der Waals surface area contributed by atoms with Crippen molar-refractivity contribution in [3.8, 4) is 5.75 Å². The summed E-state index contributed by atoms with van der Waals surface area (Å²) in [6.45, 7) is 0.268. The summed E-state index contributed by atoms with van der Waals surface area (Å²) in [5, 5.41) is 0. The average Bonchev–Trinajstić information content (AvgIpc) is 2.54. The van der Waals surface area contributed by atoms with Gasteiger partial charge in [0.2, 0.25) is 5.91 Å². The normalized spacial score (nSPS) is 10.3. The smallest absolute Gasteiger partial charge is 0.232 e. The van der Waals surface area contributed by atoms with Crippen LogP contribution in [0, 0.1) is 5.82 Å². The van der Waals surface area contributed by atoms with Crippen LogP contribution in [0.3, 0.4) is 0 Å². The van der Waals surface area contributed by atoms with Gasteiger partial charge in [-0.3, -0.25) is 4.79 Å². The van der Waals surface area contributed by atoms with Gasteiger partial charge in [-0.25, -0.2) is 4.39 Å². The zero-order chi connectivity index (χ0) is 15.9. The van der Waals surface area contributed by atoms with Crippen molar-refractivity contribution < 1.29 is 13.9 Å². The molecule has 0 bridgehead atoms. The van der Waals surface area contributed by atoms with Crippen LogP contribution in [0.2, 0.25) is 0 Å². The van der Waals surface area contributed by atoms with Crippen LogP contribution in [0.5, 0.6) is 5.75 Å². The maximum atomic E-state index is 13.6. The molecule has 3 nitrogen and oxygen atoms in total. The molecule has 2 aromatic rings. The second-order valence-corrected chi connectivity index (χ2v) is 5.86. The summed E-state index contributed by atoms with van der Waals surface area (Å²) in [6.07, 6.45) is 0. The molecular weight excluding hydrogens is 301 g/mol. The van der Waals surface area contributed by atoms with E-state index in [1.165, 1.54) is 22.7 Å². The average molecular weight is 319 g/mol. The van der Waals surface area contributed by atoms with E-state index in [1.54, 1.807) is 32.4 Å². The minimum atomic E-state index is -0.289. The minimum absolute atomic E-state index is 0.0453. The molecule has 0 heterocycles. The highest BCUT2D eigenvalue weighted by atomic mass is 32.2. The number of halogens is 1. The lowest BCUT2D eigenvalue weighted by Crippen LogP contribution is -2.28. The Hall–Kier alpha value is -2.01. The van der Waals surface area contributed by atoms with Crippen LogP contribution < -0.4 is 4.74 Å². The number of hydrogen-bond donors (Lipinski definition) is 0. The lowest BCUT2D eigenvalue weighted by atomic mass is 10.2. The lowest BCUT2D eigenvalue weighted by molar-refractivity contribution is -0.127. The van der Waals surface area contributed by atoms with Crippen LogP contribution in [0.15, 0.2) is 53.4 Å². The quantitative estimate of drug-likeness (QED) is 0.762. The third-order valence-electron chi connectivity index (χ3n) is 3.19. The molecule has 0 unspecified atom stereocenters. The zero-order valence-corrected chi connectivity index (χ0v) is 13.4. The summed E-state index contributed by atoms with van der Waals surface area (Å²) >= 11 is 1.44. The molecule has 0 aliphatic heterocycles. The van der Waals surface area contributed by atoms with Crippen molar-refractivity contribution in [1.29, 1.82) is 0 Å². The highest BCUT2D eigenvalue weighted by Crippen LogP contribution is 2.23. The van der Waals surface area contributed by atoms with Crippen LogP contribution >= 0.6 is 11.8 Å². The van der Waals surface area contributed by atoms with Gasteiger partial charge < -0.3 is 9.64 Å². The molecule has 0 spiro atoms. The van der Waals surface area contributed by atoms with Gasteiger partial charge in [0.25, 0.3) is 0 Å². The predicted molar refractivity (Wildman–Crippen MR) is 86.6 cm³/mol. The Morgan fingerprint density at radius 2 is 2.00 bits per heavy atom. The Balaban J connectivity index is 1.90. The summed E-state index contributed by atoms with van der Waals surface area (Å²) in [5.41, 5.74) is 0.518. The Kier molecular flexibility index (Phi) is 5.83. The van der Waals surface area contributed by atoms with Crippen molar-refractivity contribution in [1.82, 2.24) is 4.90 Å². The number of nitrogens with zero attached hydrogens (tertiary/aromatic N) is 1. The van der Waals surface area contributed by atoms with Crippen LogP contribution in [0.25, 0.3) is 0 Å². The van der Waals surface area contributed by atoms with Gasteiger partial charge in [-0.1, -0.05) is 24.3 Å². The van der Waals surface area contributed by atoms with Crippen molar-refractivity contribution in [3.05, 3.63) is 59.9 Å². The van der Waals surface area contributed by atoms with E-state index in [-0.39, 0.29) is 18.3 Å². The van der Waals surface area contributed by atoms with E-state index in [2.05, 4.69) is 0 Å². The number of amides is 1. The van der Waals surface area contributed by atoms with Gasteiger partial charge in [-0.15, -0.1) is 11.8 Å². The molecular formula is C17H18FNO2S. The molecule has 0 aliphatic rings. The number of methoxy groups -OCH3 is 1. The molecule has 0 saturated heterocycles. The summed E-state index contributed by atoms with van der Waals surface area (Å²) < 4.78 is 18.7. The fraction of sp³-hybridized carbons (Fsp3) is 0.235. The summed E-state index contributed by atoms with van der Waals surface area (Å²) in [4.78, 5) is 14.6. The van der Waals surface area contributed by atoms with Crippen molar-refractivity contribution in [2.45, 2.75) is 11.4 Å². The molecule has 0 aromatic heterocycles. The minimum Gasteiger partial charge on any atom is -0.497 e. The first-order chi connectivity index (χ1) is 10.6. The van der Waals surface area contributed by atoms with E-state index in [0.29, 0.717) is 11.3 Å². The van der Waals surface area contributed by atoms with E-state index < -0.39 is 0 Å². The van der Waals surface area contributed by atoms with Crippen molar-refractivity contribution in [3.63, 3.8) is 0 Å². The monoisotopic (exact) mass is 319 g/mol. The SMILES string of the molecule is COc1cccc(SCC(=O)N(C)Cc2ccccc2F)c1. The van der Waals surface area contributed by atoms with Crippen LogP contribution in [-0.2, 0) is 11.3 Å². The second kappa shape index (κ2) is 7.84. The van der Waals surface area contributed by atoms with Gasteiger partial charge in [0.15, 0.2) is 0 Å². The van der Waals surface area contributed by atoms with Crippen LogP contribution in [0.4, 0.5) is 4.39 Å². The Labute approximate surface area is 134 Å². The molecule has 0 radical (unpaired) electrons. The first-order valence-corrected chi connectivity index (χ1v) is 7.83. The molecule has 0 aliphatic carbocycles. The van der Waals surface area contributed by atoms with Crippen molar-refractivity contribution in [2.24, 2.45) is 0 Å². The Morgan fingerprint density at radius 1 is 1.23 bits per heavy atom. The fourth-order valence-corrected chi connectivity index (χ4v) is 2.80. The maximum Gasteiger partial charge on any atom is 0.232 e. The lowest BCUT2D eigenvalue weighted by Gasteiger charge is -2.17. The number of hydrogen-bond acceptors (Lipinski definition) is 3. The fourth-order valence-electron chi connectivity index (χ4n) is 1.92. The van der Waals surface area contributed by atoms with Crippen molar-refractivity contribution in [2.75, 3.05) is 19.9 Å². The number of carbonyl (C=O) groups excluding carboxylic acids is 1. The summed E-state index contributed by atoms with van der Waals surface area (Å²) in [5.74, 6) is 0.730. The van der Waals surface area contributed by atoms with Crippen LogP contribution in [-0.4, -0.2) is 30.7 Å². The summed E-state index contributed by atoms with van der Waals surface area (Å²) in [7, 11) is 3.29. The van der Waals surface area contributed by atoms with Crippen LogP contribution in [0.1, 0.15) is 5.56 Å². The highest BCUT2D eigenvalue weighted by molar-refractivity contribution is 8.00.